The molecule has 0 N–H and O–H groups in total. The fraction of sp³-hybridized carbons (Fsp3) is 0.909. The number of nitrogens with zero attached hydrogens (tertiary/aromatic N) is 1. The Balaban J connectivity index is 2.09. The third kappa shape index (κ3) is 1.18. The first kappa shape index (κ1) is 9.02. The molecule has 0 amide bonds. The van der Waals surface area contributed by atoms with Crippen LogP contribution in [0.2, 0.25) is 0 Å². The Kier molecular flexibility index (Phi) is 2.29. The molecule has 2 fully saturated rings. The number of rotatable bonds is 3. The van der Waals surface area contributed by atoms with Crippen LogP contribution in [0.4, 0.5) is 0 Å². The first-order chi connectivity index (χ1) is 6.33. The molecule has 0 aromatic rings. The Bertz CT molecular complexity index is 223. The summed E-state index contributed by atoms with van der Waals surface area (Å²) < 4.78 is 5.33. The fourth-order valence-corrected chi connectivity index (χ4v) is 2.67. The van der Waals surface area contributed by atoms with Crippen LogP contribution in [-0.2, 0) is 4.74 Å². The van der Waals surface area contributed by atoms with Gasteiger partial charge in [-0.2, -0.15) is 5.26 Å². The van der Waals surface area contributed by atoms with Crippen LogP contribution in [-0.4, -0.2) is 13.2 Å². The zero-order valence-corrected chi connectivity index (χ0v) is 8.25. The summed E-state index contributed by atoms with van der Waals surface area (Å²) in [5.41, 5.74) is 0.252. The highest BCUT2D eigenvalue weighted by molar-refractivity contribution is 5.06. The Morgan fingerprint density at radius 2 is 2.23 bits per heavy atom. The number of hydrogen-bond acceptors (Lipinski definition) is 2. The average molecular weight is 179 g/mol. The van der Waals surface area contributed by atoms with Gasteiger partial charge in [-0.15, -0.1) is 0 Å². The summed E-state index contributed by atoms with van der Waals surface area (Å²) >= 11 is 0. The first-order valence-electron chi connectivity index (χ1n) is 5.31. The van der Waals surface area contributed by atoms with E-state index in [1.165, 1.54) is 19.3 Å². The van der Waals surface area contributed by atoms with Gasteiger partial charge in [-0.05, 0) is 25.2 Å². The van der Waals surface area contributed by atoms with Crippen LogP contribution < -0.4 is 0 Å². The molecule has 2 nitrogen and oxygen atoms in total. The summed E-state index contributed by atoms with van der Waals surface area (Å²) in [5, 5.41) is 9.09. The van der Waals surface area contributed by atoms with Gasteiger partial charge in [-0.3, -0.25) is 0 Å². The lowest BCUT2D eigenvalue weighted by Crippen LogP contribution is -2.55. The van der Waals surface area contributed by atoms with E-state index in [2.05, 4.69) is 13.0 Å². The Hall–Kier alpha value is -0.550. The lowest BCUT2D eigenvalue weighted by molar-refractivity contribution is -0.183. The summed E-state index contributed by atoms with van der Waals surface area (Å²) in [6.45, 7) is 3.79. The zero-order valence-electron chi connectivity index (χ0n) is 8.25. The number of hydrogen-bond donors (Lipinski definition) is 0. The molecule has 1 aliphatic heterocycles. The molecule has 13 heavy (non-hydrogen) atoms. The monoisotopic (exact) mass is 179 g/mol. The highest BCUT2D eigenvalue weighted by Gasteiger charge is 2.52. The van der Waals surface area contributed by atoms with Gasteiger partial charge >= 0.3 is 0 Å². The second-order valence-corrected chi connectivity index (χ2v) is 4.44. The molecule has 2 rings (SSSR count). The molecule has 0 spiro atoms. The molecule has 1 aliphatic carbocycles. The maximum Gasteiger partial charge on any atom is 0.0663 e. The second kappa shape index (κ2) is 3.31. The SMILES string of the molecule is CCC(C#N)C1(C2CCC2)COC1. The third-order valence-corrected chi connectivity index (χ3v) is 3.92. The molecule has 1 unspecified atom stereocenters. The molecule has 0 bridgehead atoms. The van der Waals surface area contributed by atoms with E-state index in [-0.39, 0.29) is 11.3 Å². The van der Waals surface area contributed by atoms with E-state index in [9.17, 15) is 0 Å². The van der Waals surface area contributed by atoms with E-state index >= 15 is 0 Å². The van der Waals surface area contributed by atoms with E-state index < -0.39 is 0 Å². The summed E-state index contributed by atoms with van der Waals surface area (Å²) in [6.07, 6.45) is 4.98. The van der Waals surface area contributed by atoms with Crippen LogP contribution in [0.3, 0.4) is 0 Å². The standard InChI is InChI=1S/C11H17NO/c1-2-9(6-12)11(7-13-8-11)10-4-3-5-10/h9-10H,2-5,7-8H2,1H3. The molecule has 72 valence electrons. The minimum atomic E-state index is 0.228. The van der Waals surface area contributed by atoms with Crippen molar-refractivity contribution in [2.75, 3.05) is 13.2 Å². The van der Waals surface area contributed by atoms with Gasteiger partial charge < -0.3 is 4.74 Å². The van der Waals surface area contributed by atoms with Crippen LogP contribution in [0.25, 0.3) is 0 Å². The molecule has 2 heteroatoms. The Morgan fingerprint density at radius 3 is 2.46 bits per heavy atom. The molecule has 2 aliphatic rings. The number of ether oxygens (including phenoxy) is 1. The van der Waals surface area contributed by atoms with Gasteiger partial charge in [0.1, 0.15) is 0 Å². The third-order valence-electron chi connectivity index (χ3n) is 3.92. The molecular formula is C11H17NO. The topological polar surface area (TPSA) is 33.0 Å². The summed E-state index contributed by atoms with van der Waals surface area (Å²) in [6, 6.07) is 2.46. The molecular weight excluding hydrogens is 162 g/mol. The average Bonchev–Trinajstić information content (AvgIpc) is 1.98. The van der Waals surface area contributed by atoms with Gasteiger partial charge in [0.05, 0.1) is 25.2 Å². The maximum atomic E-state index is 9.09. The van der Waals surface area contributed by atoms with Crippen molar-refractivity contribution < 1.29 is 4.74 Å². The maximum absolute atomic E-state index is 9.09. The van der Waals surface area contributed by atoms with Crippen molar-refractivity contribution in [3.8, 4) is 6.07 Å². The van der Waals surface area contributed by atoms with Gasteiger partial charge in [-0.25, -0.2) is 0 Å². The quantitative estimate of drug-likeness (QED) is 0.666. The normalized spacial score (nSPS) is 28.3. The molecule has 0 aromatic heterocycles. The van der Waals surface area contributed by atoms with Crippen LogP contribution in [0, 0.1) is 28.6 Å². The van der Waals surface area contributed by atoms with Crippen molar-refractivity contribution in [2.45, 2.75) is 32.6 Å². The largest absolute Gasteiger partial charge is 0.380 e. The molecule has 1 saturated heterocycles. The van der Waals surface area contributed by atoms with Crippen molar-refractivity contribution in [1.29, 1.82) is 5.26 Å². The summed E-state index contributed by atoms with van der Waals surface area (Å²) in [5.74, 6) is 1.01. The van der Waals surface area contributed by atoms with Crippen LogP contribution in [0.5, 0.6) is 0 Å². The lowest BCUT2D eigenvalue weighted by atomic mass is 9.58. The van der Waals surface area contributed by atoms with E-state index in [1.54, 1.807) is 0 Å². The number of nitriles is 1. The highest BCUT2D eigenvalue weighted by Crippen LogP contribution is 2.52. The highest BCUT2D eigenvalue weighted by atomic mass is 16.5. The zero-order chi connectivity index (χ0) is 9.31. The van der Waals surface area contributed by atoms with Crippen LogP contribution in [0.15, 0.2) is 0 Å². The Labute approximate surface area is 79.9 Å². The predicted octanol–water partition coefficient (Wildman–Crippen LogP) is 2.35. The van der Waals surface area contributed by atoms with Crippen LogP contribution >= 0.6 is 0 Å². The minimum absolute atomic E-state index is 0.228. The smallest absolute Gasteiger partial charge is 0.0663 e. The van der Waals surface area contributed by atoms with Crippen molar-refractivity contribution in [1.82, 2.24) is 0 Å². The predicted molar refractivity (Wildman–Crippen MR) is 50.0 cm³/mol. The van der Waals surface area contributed by atoms with Crippen molar-refractivity contribution in [3.05, 3.63) is 0 Å². The molecule has 1 saturated carbocycles. The fourth-order valence-electron chi connectivity index (χ4n) is 2.67. The molecule has 0 radical (unpaired) electrons. The molecule has 0 aromatic carbocycles. The van der Waals surface area contributed by atoms with Gasteiger partial charge in [0.15, 0.2) is 0 Å². The van der Waals surface area contributed by atoms with Gasteiger partial charge in [0.25, 0.3) is 0 Å². The van der Waals surface area contributed by atoms with Crippen molar-refractivity contribution in [3.63, 3.8) is 0 Å². The molecule has 1 atom stereocenters. The van der Waals surface area contributed by atoms with E-state index in [4.69, 9.17) is 10.00 Å². The van der Waals surface area contributed by atoms with Gasteiger partial charge in [0, 0.05) is 5.41 Å². The van der Waals surface area contributed by atoms with E-state index in [0.717, 1.165) is 25.6 Å². The first-order valence-corrected chi connectivity index (χ1v) is 5.31. The lowest BCUT2D eigenvalue weighted by Gasteiger charge is -2.53. The second-order valence-electron chi connectivity index (χ2n) is 4.44. The van der Waals surface area contributed by atoms with Gasteiger partial charge in [0.2, 0.25) is 0 Å². The van der Waals surface area contributed by atoms with Crippen molar-refractivity contribution >= 4 is 0 Å². The van der Waals surface area contributed by atoms with E-state index in [1.807, 2.05) is 0 Å². The Morgan fingerprint density at radius 1 is 1.54 bits per heavy atom. The minimum Gasteiger partial charge on any atom is -0.380 e. The van der Waals surface area contributed by atoms with Gasteiger partial charge in [-0.1, -0.05) is 13.3 Å². The summed E-state index contributed by atoms with van der Waals surface area (Å²) in [7, 11) is 0. The van der Waals surface area contributed by atoms with Crippen LogP contribution in [0.1, 0.15) is 32.6 Å². The molecule has 1 heterocycles. The van der Waals surface area contributed by atoms with E-state index in [0.29, 0.717) is 0 Å². The summed E-state index contributed by atoms with van der Waals surface area (Å²) in [4.78, 5) is 0. The van der Waals surface area contributed by atoms with Crippen molar-refractivity contribution in [2.24, 2.45) is 17.3 Å².